The molecule has 0 aliphatic heterocycles. The minimum atomic E-state index is -0.458. The lowest BCUT2D eigenvalue weighted by Gasteiger charge is -2.16. The van der Waals surface area contributed by atoms with Gasteiger partial charge >= 0.3 is 0 Å². The van der Waals surface area contributed by atoms with Crippen LogP contribution in [0.3, 0.4) is 0 Å². The monoisotopic (exact) mass is 405 g/mol. The van der Waals surface area contributed by atoms with E-state index in [0.717, 1.165) is 24.9 Å². The Kier molecular flexibility index (Phi) is 5.74. The molecule has 4 rings (SSSR count). The van der Waals surface area contributed by atoms with E-state index >= 15 is 0 Å². The van der Waals surface area contributed by atoms with Gasteiger partial charge in [0.1, 0.15) is 11.6 Å². The van der Waals surface area contributed by atoms with Crippen LogP contribution in [0.25, 0.3) is 10.9 Å². The fourth-order valence-corrected chi connectivity index (χ4v) is 3.44. The number of carbonyl (C=O) groups is 2. The molecule has 1 fully saturated rings. The molecule has 1 amide bonds. The smallest absolute Gasteiger partial charge is 0.255 e. The third-order valence-electron chi connectivity index (χ3n) is 5.15. The molecule has 6 heteroatoms. The average molecular weight is 405 g/mol. The number of Topliss-reactive ketones (excluding diaryl/α,β-unsaturated/α-hetero) is 1. The lowest BCUT2D eigenvalue weighted by Crippen LogP contribution is -2.26. The van der Waals surface area contributed by atoms with Crippen molar-refractivity contribution in [1.82, 2.24) is 10.3 Å². The van der Waals surface area contributed by atoms with Gasteiger partial charge in [0.05, 0.1) is 16.8 Å². The first kappa shape index (κ1) is 20.0. The van der Waals surface area contributed by atoms with Crippen LogP contribution in [0.2, 0.25) is 0 Å². The number of anilines is 2. The van der Waals surface area contributed by atoms with Crippen LogP contribution in [0.15, 0.2) is 48.7 Å². The molecule has 154 valence electrons. The Morgan fingerprint density at radius 1 is 1.17 bits per heavy atom. The molecule has 0 radical (unpaired) electrons. The molecule has 0 saturated heterocycles. The van der Waals surface area contributed by atoms with Crippen molar-refractivity contribution in [3.05, 3.63) is 65.6 Å². The topological polar surface area (TPSA) is 71.1 Å². The highest BCUT2D eigenvalue weighted by atomic mass is 19.1. The van der Waals surface area contributed by atoms with Gasteiger partial charge in [-0.15, -0.1) is 0 Å². The first-order chi connectivity index (χ1) is 14.5. The third-order valence-corrected chi connectivity index (χ3v) is 5.15. The van der Waals surface area contributed by atoms with Crippen molar-refractivity contribution >= 4 is 34.0 Å². The van der Waals surface area contributed by atoms with Crippen LogP contribution in [0.4, 0.5) is 15.8 Å². The SMILES string of the molecule is CCCC(=O)Cc1cc2c(Nc3ccccc3)c(C(=O)NC3CC3)cnc2cc1F. The van der Waals surface area contributed by atoms with Crippen LogP contribution < -0.4 is 10.6 Å². The van der Waals surface area contributed by atoms with Gasteiger partial charge in [-0.25, -0.2) is 4.39 Å². The van der Waals surface area contributed by atoms with Gasteiger partial charge in [-0.1, -0.05) is 25.1 Å². The fourth-order valence-electron chi connectivity index (χ4n) is 3.44. The largest absolute Gasteiger partial charge is 0.354 e. The van der Waals surface area contributed by atoms with E-state index in [-0.39, 0.29) is 24.2 Å². The summed E-state index contributed by atoms with van der Waals surface area (Å²) in [6.07, 6.45) is 4.59. The van der Waals surface area contributed by atoms with Crippen molar-refractivity contribution in [2.24, 2.45) is 0 Å². The molecule has 30 heavy (non-hydrogen) atoms. The molecule has 5 nitrogen and oxygen atoms in total. The highest BCUT2D eigenvalue weighted by Gasteiger charge is 2.26. The van der Waals surface area contributed by atoms with Gasteiger partial charge in [0.15, 0.2) is 0 Å². The van der Waals surface area contributed by atoms with Gasteiger partial charge < -0.3 is 10.6 Å². The van der Waals surface area contributed by atoms with E-state index in [4.69, 9.17) is 0 Å². The summed E-state index contributed by atoms with van der Waals surface area (Å²) < 4.78 is 14.6. The summed E-state index contributed by atoms with van der Waals surface area (Å²) in [4.78, 5) is 29.3. The molecule has 1 aromatic heterocycles. The molecule has 1 aliphatic carbocycles. The van der Waals surface area contributed by atoms with Gasteiger partial charge in [-0.3, -0.25) is 14.6 Å². The van der Waals surface area contributed by atoms with Crippen LogP contribution in [0.1, 0.15) is 48.5 Å². The van der Waals surface area contributed by atoms with Crippen molar-refractivity contribution in [3.63, 3.8) is 0 Å². The number of pyridine rings is 1. The first-order valence-electron chi connectivity index (χ1n) is 10.3. The van der Waals surface area contributed by atoms with Crippen LogP contribution >= 0.6 is 0 Å². The van der Waals surface area contributed by atoms with E-state index in [1.807, 2.05) is 37.3 Å². The van der Waals surface area contributed by atoms with E-state index in [1.165, 1.54) is 12.3 Å². The Morgan fingerprint density at radius 3 is 2.63 bits per heavy atom. The number of rotatable bonds is 8. The number of hydrogen-bond donors (Lipinski definition) is 2. The number of amides is 1. The van der Waals surface area contributed by atoms with E-state index < -0.39 is 5.82 Å². The summed E-state index contributed by atoms with van der Waals surface area (Å²) in [6.45, 7) is 1.92. The van der Waals surface area contributed by atoms with Crippen molar-refractivity contribution in [2.75, 3.05) is 5.32 Å². The summed E-state index contributed by atoms with van der Waals surface area (Å²) in [6, 6.07) is 12.7. The number of carbonyl (C=O) groups excluding carboxylic acids is 2. The quantitative estimate of drug-likeness (QED) is 0.558. The van der Waals surface area contributed by atoms with Crippen LogP contribution in [0.5, 0.6) is 0 Å². The summed E-state index contributed by atoms with van der Waals surface area (Å²) in [5.74, 6) is -0.678. The molecule has 2 aromatic carbocycles. The van der Waals surface area contributed by atoms with Gasteiger partial charge in [-0.2, -0.15) is 0 Å². The van der Waals surface area contributed by atoms with Gasteiger partial charge in [0.25, 0.3) is 5.91 Å². The summed E-state index contributed by atoms with van der Waals surface area (Å²) in [7, 11) is 0. The number of fused-ring (bicyclic) bond motifs is 1. The van der Waals surface area contributed by atoms with Crippen LogP contribution in [0, 0.1) is 5.82 Å². The van der Waals surface area contributed by atoms with E-state index in [9.17, 15) is 14.0 Å². The number of aromatic nitrogens is 1. The highest BCUT2D eigenvalue weighted by Crippen LogP contribution is 2.32. The molecule has 1 aliphatic rings. The maximum absolute atomic E-state index is 14.6. The van der Waals surface area contributed by atoms with Crippen molar-refractivity contribution in [2.45, 2.75) is 45.1 Å². The average Bonchev–Trinajstić information content (AvgIpc) is 3.54. The predicted octanol–water partition coefficient (Wildman–Crippen LogP) is 4.92. The Bertz CT molecular complexity index is 1090. The highest BCUT2D eigenvalue weighted by molar-refractivity contribution is 6.08. The molecule has 1 saturated carbocycles. The van der Waals surface area contributed by atoms with Crippen molar-refractivity contribution < 1.29 is 14.0 Å². The van der Waals surface area contributed by atoms with Gasteiger partial charge in [0.2, 0.25) is 0 Å². The molecule has 0 spiro atoms. The maximum Gasteiger partial charge on any atom is 0.255 e. The van der Waals surface area contributed by atoms with E-state index in [1.54, 1.807) is 6.07 Å². The molecular weight excluding hydrogens is 381 g/mol. The summed E-state index contributed by atoms with van der Waals surface area (Å²) in [5, 5.41) is 6.91. The maximum atomic E-state index is 14.6. The van der Waals surface area contributed by atoms with E-state index in [0.29, 0.717) is 34.1 Å². The summed E-state index contributed by atoms with van der Waals surface area (Å²) >= 11 is 0. The molecule has 0 unspecified atom stereocenters. The zero-order valence-electron chi connectivity index (χ0n) is 16.9. The predicted molar refractivity (Wildman–Crippen MR) is 116 cm³/mol. The third kappa shape index (κ3) is 4.48. The van der Waals surface area contributed by atoms with Crippen molar-refractivity contribution in [1.29, 1.82) is 0 Å². The molecular formula is C24H24FN3O2. The Labute approximate surface area is 174 Å². The second-order valence-electron chi connectivity index (χ2n) is 7.71. The molecule has 0 atom stereocenters. The standard InChI is InChI=1S/C24H24FN3O2/c1-2-6-18(29)11-15-12-19-22(13-21(15)25)26-14-20(24(30)28-17-9-10-17)23(19)27-16-7-4-3-5-8-16/h3-5,7-8,12-14,17H,2,6,9-11H2,1H3,(H,26,27)(H,28,30). The first-order valence-corrected chi connectivity index (χ1v) is 10.3. The van der Waals surface area contributed by atoms with Crippen LogP contribution in [-0.4, -0.2) is 22.7 Å². The van der Waals surface area contributed by atoms with Crippen molar-refractivity contribution in [3.8, 4) is 0 Å². The Balaban J connectivity index is 1.81. The minimum Gasteiger partial charge on any atom is -0.354 e. The molecule has 1 heterocycles. The normalized spacial score (nSPS) is 13.3. The molecule has 0 bridgehead atoms. The number of benzene rings is 2. The van der Waals surface area contributed by atoms with Crippen LogP contribution in [-0.2, 0) is 11.2 Å². The fraction of sp³-hybridized carbons (Fsp3) is 0.292. The lowest BCUT2D eigenvalue weighted by atomic mass is 10.0. The minimum absolute atomic E-state index is 0.0103. The number of nitrogens with one attached hydrogen (secondary N) is 2. The zero-order valence-corrected chi connectivity index (χ0v) is 16.9. The summed E-state index contributed by atoms with van der Waals surface area (Å²) in [5.41, 5.74) is 2.52. The van der Waals surface area contributed by atoms with Gasteiger partial charge in [-0.05, 0) is 43.0 Å². The van der Waals surface area contributed by atoms with E-state index in [2.05, 4.69) is 15.6 Å². The molecule has 2 N–H and O–H groups in total. The Morgan fingerprint density at radius 2 is 1.93 bits per heavy atom. The number of nitrogens with zero attached hydrogens (tertiary/aromatic N) is 1. The number of hydrogen-bond acceptors (Lipinski definition) is 4. The van der Waals surface area contributed by atoms with Gasteiger partial charge in [0, 0.05) is 42.2 Å². The lowest BCUT2D eigenvalue weighted by molar-refractivity contribution is -0.118. The Hall–Kier alpha value is -3.28. The number of para-hydroxylation sites is 1. The second kappa shape index (κ2) is 8.61. The zero-order chi connectivity index (χ0) is 21.1. The second-order valence-corrected chi connectivity index (χ2v) is 7.71. The number of halogens is 1. The molecule has 3 aromatic rings. The number of ketones is 1.